The number of hydrogen-bond donors (Lipinski definition) is 1. The smallest absolute Gasteiger partial charge is 0.176 e. The summed E-state index contributed by atoms with van der Waals surface area (Å²) >= 11 is 0. The Balaban J connectivity index is -0.0000000253. The summed E-state index contributed by atoms with van der Waals surface area (Å²) in [5.74, 6) is 0.577. The molecule has 0 saturated heterocycles. The molecule has 0 bridgehead atoms. The lowest BCUT2D eigenvalue weighted by Gasteiger charge is -2.45. The first kappa shape index (κ1) is 15.6. The van der Waals surface area contributed by atoms with Crippen LogP contribution in [-0.2, 0) is 46.5 Å². The number of carbonyl (C=O) groups excluding carboxylic acids is 2. The monoisotopic (exact) mass is 1370 g/mol. The van der Waals surface area contributed by atoms with Crippen molar-refractivity contribution in [1.29, 1.82) is 10.5 Å². The first-order valence-corrected chi connectivity index (χ1v) is 25.3. The van der Waals surface area contributed by atoms with Gasteiger partial charge in [0.05, 0.1) is 40.5 Å². The van der Waals surface area contributed by atoms with E-state index in [2.05, 4.69) is 45.9 Å². The van der Waals surface area contributed by atoms with E-state index >= 15 is 0 Å². The summed E-state index contributed by atoms with van der Waals surface area (Å²) in [6, 6.07) is 30.8. The number of allylic oxidation sites excluding steroid dienone is 4. The number of rotatable bonds is 8. The Kier molecular flexibility index (Phi) is 4.03. The minimum Gasteiger partial charge on any atom is -0.392 e. The molecule has 498 valence electrons. The fourth-order valence-electron chi connectivity index (χ4n) is 12.3. The quantitative estimate of drug-likeness (QED) is 0.150. The number of Topliss-reactive ketones (excluding diaryl/α,β-unsaturated/α-hetero) is 2. The van der Waals surface area contributed by atoms with Crippen LogP contribution in [0, 0.1) is 46.3 Å². The van der Waals surface area contributed by atoms with Crippen LogP contribution in [0.25, 0.3) is 56.7 Å². The van der Waals surface area contributed by atoms with Gasteiger partial charge in [-0.05, 0) is 108 Å². The van der Waals surface area contributed by atoms with E-state index < -0.39 is 17.5 Å². The summed E-state index contributed by atoms with van der Waals surface area (Å²) in [5, 5.41) is 39.1. The van der Waals surface area contributed by atoms with Gasteiger partial charge in [-0.25, -0.2) is 43.7 Å². The lowest BCUT2D eigenvalue weighted by atomic mass is 9.58. The summed E-state index contributed by atoms with van der Waals surface area (Å²) in [4.78, 5) is 52.4. The topological polar surface area (TPSA) is 215 Å². The molecule has 76 heavy (non-hydrogen) atoms. The van der Waals surface area contributed by atoms with Crippen molar-refractivity contribution in [3.63, 3.8) is 0 Å². The van der Waals surface area contributed by atoms with Crippen LogP contribution in [0.5, 0.6) is 0 Å². The van der Waals surface area contributed by atoms with E-state index in [4.69, 9.17) is 198 Å². The Bertz CT molecular complexity index is 3670. The van der Waals surface area contributed by atoms with E-state index in [1.54, 1.807) is 30.9 Å². The number of fused-ring (bicyclic) bond motifs is 6. The minimum absolute atomic E-state index is 0. The fraction of sp³-hybridized carbons (Fsp3) is 0.267. The third kappa shape index (κ3) is 8.31. The fourth-order valence-corrected chi connectivity index (χ4v) is 12.3. The number of benzene rings is 2. The Morgan fingerprint density at radius 2 is 1.12 bits per heavy atom. The molecule has 12 rings (SSSR count). The van der Waals surface area contributed by atoms with Crippen molar-refractivity contribution in [2.75, 3.05) is 0 Å². The van der Waals surface area contributed by atoms with Gasteiger partial charge in [-0.1, -0.05) is 76.2 Å². The third-order valence-corrected chi connectivity index (χ3v) is 16.1. The lowest BCUT2D eigenvalue weighted by molar-refractivity contribution is -0.122. The van der Waals surface area contributed by atoms with Crippen LogP contribution in [-0.4, -0.2) is 66.1 Å². The maximum absolute atomic E-state index is 13.2. The molecule has 0 unspecified atom stereocenters. The number of nitriles is 2. The van der Waals surface area contributed by atoms with Gasteiger partial charge in [-0.15, -0.1) is 0 Å². The molecule has 4 aliphatic rings. The highest BCUT2D eigenvalue weighted by molar-refractivity contribution is 6.03. The number of carbonyl (C=O) groups is 2. The average molecular weight is 1370 g/mol. The SMILES string of the molecule is C[C@H]1C(=O)C(C#N)=C[C@@]2(C)c3c(c(-c4ccncn4)nn3-c3ccc(-c4cccc(CF)c4)cn3)CC[C@H]12.C[C@H]1C(=O)C(C#N)=C[C@@]2(C)c3c(c(-c4ccncn4)nn3-c3ccc(-c4cccc(CO)c4)cn3)CC[C@H]12.[3HH].[3H][3H].[3H][3H].[3H][3H].[3H][3H].[3H][3H].[3H][3H].[3H][3H].[3H][3H].[3H][3H].[3H][3H].[3H][3H].[3H][3H].[3H][3H].[3H][3H].[3H][3H].[3H][3H].[3H][3H].[3H][3H].[3H][3H].[3H][3H].[3H][3H].[3H][3H].[3H][3H].[3H][3H].[3H][3H].[3H][3H].[3H][3H].[3H][3H].[3H][3H].[3H][3H].[3H][3H].[3H][3H].[3H][3H].[3H][3H].[3H][3H].[3H][3H].[3H][3H].[3H][3H].[3H][3H].[3H][3H].[3H][3H].[3H][3H].[3H][3H].[3H][3H].[3H][3H].[3H][3H].[3H][3H].[3H][3H].[3H][3H].[3H][3H].[3H][3H].[3H][3H].[3H][3H].[3H][3H].[3H][3H].[3H][3H].[3H][3H].[3H][3H].[3H][3H].[3H][3H]. The Hall–Kier alpha value is -8.99. The Labute approximate surface area is 624 Å². The van der Waals surface area contributed by atoms with Gasteiger partial charge in [0, 0.05) is 249 Å². The van der Waals surface area contributed by atoms with Crippen LogP contribution in [0.3, 0.4) is 0 Å². The predicted molar refractivity (Wildman–Crippen MR) is 409 cm³/mol. The molecule has 15 nitrogen and oxygen atoms in total. The lowest BCUT2D eigenvalue weighted by Crippen LogP contribution is -2.46. The molecule has 0 radical (unpaired) electrons. The van der Waals surface area contributed by atoms with E-state index in [1.807, 2.05) is 114 Å². The molecule has 6 aromatic heterocycles. The number of aliphatic hydroxyl groups is 1. The second kappa shape index (κ2) is 19.7. The van der Waals surface area contributed by atoms with Crippen molar-refractivity contribution < 1.29 is 199 Å². The molecule has 2 aromatic carbocycles. The number of ketones is 2. The molecule has 0 saturated carbocycles. The molecule has 0 amide bonds. The van der Waals surface area contributed by atoms with E-state index in [1.165, 1.54) is 12.7 Å². The number of aliphatic hydroxyl groups excluding tert-OH is 1. The van der Waals surface area contributed by atoms with E-state index in [-0.39, 0.29) is 54.4 Å². The number of hydrogen-bond acceptors (Lipinski definition) is 13. The summed E-state index contributed by atoms with van der Waals surface area (Å²) in [6.45, 7) is 7.50. The molecule has 6 heterocycles. The summed E-state index contributed by atoms with van der Waals surface area (Å²) in [6.07, 6.45) is 16.7. The van der Waals surface area contributed by atoms with Crippen LogP contribution < -0.4 is 0 Å². The normalized spacial score (nSPS) is 28.6. The largest absolute Gasteiger partial charge is 0.392 e. The van der Waals surface area contributed by atoms with Gasteiger partial charge < -0.3 is 5.11 Å². The third-order valence-electron chi connectivity index (χ3n) is 16.1. The highest BCUT2D eigenvalue weighted by atomic mass is 19.1. The minimum atomic E-state index is -0.597. The van der Waals surface area contributed by atoms with Gasteiger partial charge in [0.15, 0.2) is 23.2 Å². The van der Waals surface area contributed by atoms with Crippen molar-refractivity contribution in [2.45, 2.75) is 77.5 Å². The number of nitrogens with zero attached hydrogens (tertiary/aromatic N) is 12. The zero-order chi connectivity index (χ0) is 173. The van der Waals surface area contributed by atoms with Crippen LogP contribution in [0.15, 0.2) is 146 Å². The highest BCUT2D eigenvalue weighted by Gasteiger charge is 2.52. The van der Waals surface area contributed by atoms with Crippen LogP contribution in [0.4, 0.5) is 4.39 Å². The van der Waals surface area contributed by atoms with Crippen molar-refractivity contribution in [3.8, 4) is 68.8 Å². The predicted octanol–water partition coefficient (Wildman–Crippen LogP) is 24.7. The van der Waals surface area contributed by atoms with E-state index in [9.17, 15) is 29.6 Å². The molecular formula is C60H173FN12O3. The second-order valence-electron chi connectivity index (χ2n) is 20.4. The van der Waals surface area contributed by atoms with Gasteiger partial charge in [0.1, 0.15) is 42.9 Å². The average Bonchev–Trinajstić information content (AvgIpc) is 1.57. The number of pyridine rings is 2. The van der Waals surface area contributed by atoms with Crippen molar-refractivity contribution >= 4 is 11.6 Å². The standard InChI is InChI=1S/C30H25FN6O.C30H26N6O2.61H2/c1-18-24-8-7-23-27(25-10-11-33-17-35-25)36-37(29(23)30(24,2)13-22(15-32)28(18)38)26-9-6-21(16-34-26)20-5-3-4-19(12-20)14-31;1-18-24-8-7-23-27(25-10-11-32-17-34-25)35-36(29(23)30(24,2)13-22(14-31)28(18)38)26-9-6-21(15-33-26)20-5-3-4-19(12-20)16-37;;;;;;;;;;;;;;;;;;;;;;;;;;;;;;;;;;;;;;;;;;;;;;;;;;;;;;;;;;;;;/h3-6,9-13,16-18,24H,7-8,14H2,1-2H3;3-6,9-13,15,17-18,24,37H,7-8,16H2,1-2H3;61*1H/t2*18-,24-,30-;;;;;;;;;;;;;;;;;;;;;;;;;;;;;;;;;;;;;;;;;;;;;;;;;;;;;;;;;;;;;/m11............................................................./s1/i;;60*1+2T;1+2. The van der Waals surface area contributed by atoms with Crippen LogP contribution in [0.2, 0.25) is 0 Å². The maximum Gasteiger partial charge on any atom is 0.176 e. The summed E-state index contributed by atoms with van der Waals surface area (Å²) < 4.78 is 617. The molecule has 0 aliphatic heterocycles. The van der Waals surface area contributed by atoms with Gasteiger partial charge >= 0.3 is 0 Å². The van der Waals surface area contributed by atoms with Gasteiger partial charge in [-0.3, -0.25) is 9.59 Å². The second-order valence-corrected chi connectivity index (χ2v) is 20.4. The molecular weight excluding hydrogens is 956 g/mol. The molecule has 6 atom stereocenters. The first-order valence-electron chi connectivity index (χ1n) is 85.3. The maximum atomic E-state index is 13.2. The number of halogens is 1. The zero-order valence-electron chi connectivity index (χ0n) is 162. The Morgan fingerprint density at radius 3 is 1.51 bits per heavy atom. The van der Waals surface area contributed by atoms with Crippen LogP contribution >= 0.6 is 0 Å². The van der Waals surface area contributed by atoms with Gasteiger partial charge in [0.25, 0.3) is 0 Å². The summed E-state index contributed by atoms with van der Waals surface area (Å²) in [7, 11) is 0. The van der Waals surface area contributed by atoms with Crippen molar-refractivity contribution in [2.24, 2.45) is 23.7 Å². The van der Waals surface area contributed by atoms with Crippen molar-refractivity contribution in [1.82, 2.24) is 49.5 Å². The molecule has 4 aliphatic carbocycles. The first-order chi connectivity index (χ1) is 96.9. The van der Waals surface area contributed by atoms with Crippen molar-refractivity contribution in [3.05, 3.63) is 179 Å². The number of aromatic nitrogens is 10. The molecule has 1 N–H and O–H groups in total. The van der Waals surface area contributed by atoms with Crippen LogP contribution in [0.1, 0.15) is 254 Å². The Morgan fingerprint density at radius 1 is 0.658 bits per heavy atom. The van der Waals surface area contributed by atoms with E-state index in [0.29, 0.717) is 22.9 Å². The molecule has 0 spiro atoms. The van der Waals surface area contributed by atoms with E-state index in [0.717, 1.165) is 93.1 Å². The van der Waals surface area contributed by atoms with Gasteiger partial charge in [-0.2, -0.15) is 20.7 Å². The van der Waals surface area contributed by atoms with Gasteiger partial charge in [0.2, 0.25) is 0 Å². The molecule has 16 heteroatoms. The summed E-state index contributed by atoms with van der Waals surface area (Å²) in [5.41, 5.74) is 11.2. The number of alkyl halides is 1. The molecule has 0 fully saturated rings. The zero-order valence-corrected chi connectivity index (χ0v) is 42.3. The molecule has 8 aromatic rings. The highest BCUT2D eigenvalue weighted by Crippen LogP contribution is 2.53.